The fourth-order valence-corrected chi connectivity index (χ4v) is 4.07. The molecule has 1 atom stereocenters. The summed E-state index contributed by atoms with van der Waals surface area (Å²) in [6, 6.07) is 6.04. The van der Waals surface area contributed by atoms with E-state index < -0.39 is 0 Å². The third-order valence-corrected chi connectivity index (χ3v) is 5.58. The van der Waals surface area contributed by atoms with Crippen LogP contribution in [0.3, 0.4) is 0 Å². The molecule has 28 heavy (non-hydrogen) atoms. The topological polar surface area (TPSA) is 86.4 Å². The van der Waals surface area contributed by atoms with E-state index in [9.17, 15) is 4.79 Å². The maximum absolute atomic E-state index is 12.6. The number of likely N-dealkylation sites (tertiary alicyclic amines) is 1. The van der Waals surface area contributed by atoms with Gasteiger partial charge in [0.2, 0.25) is 0 Å². The van der Waals surface area contributed by atoms with Gasteiger partial charge in [-0.25, -0.2) is 4.98 Å². The summed E-state index contributed by atoms with van der Waals surface area (Å²) in [7, 11) is 1.91. The molecule has 4 rings (SSSR count). The van der Waals surface area contributed by atoms with Crippen LogP contribution in [0.2, 0.25) is 0 Å². The molecule has 2 saturated heterocycles. The van der Waals surface area contributed by atoms with Crippen LogP contribution in [0, 0.1) is 0 Å². The van der Waals surface area contributed by atoms with Crippen LogP contribution in [0.4, 0.5) is 5.82 Å². The Morgan fingerprint density at radius 2 is 2.21 bits per heavy atom. The molecule has 0 bridgehead atoms. The Morgan fingerprint density at radius 3 is 3.04 bits per heavy atom. The quantitative estimate of drug-likeness (QED) is 0.816. The van der Waals surface area contributed by atoms with Gasteiger partial charge in [-0.3, -0.25) is 14.8 Å². The zero-order valence-electron chi connectivity index (χ0n) is 16.4. The van der Waals surface area contributed by atoms with Gasteiger partial charge >= 0.3 is 0 Å². The van der Waals surface area contributed by atoms with Gasteiger partial charge in [0.15, 0.2) is 0 Å². The van der Waals surface area contributed by atoms with Crippen molar-refractivity contribution < 1.29 is 9.53 Å². The largest absolute Gasteiger partial charge is 0.378 e. The maximum atomic E-state index is 12.6. The first-order valence-corrected chi connectivity index (χ1v) is 10.0. The molecule has 2 N–H and O–H groups in total. The molecule has 0 spiro atoms. The molecule has 2 aromatic rings. The van der Waals surface area contributed by atoms with Crippen LogP contribution >= 0.6 is 0 Å². The number of rotatable bonds is 5. The highest BCUT2D eigenvalue weighted by Crippen LogP contribution is 2.28. The second-order valence-corrected chi connectivity index (χ2v) is 7.45. The molecule has 2 aliphatic heterocycles. The number of piperidine rings is 1. The summed E-state index contributed by atoms with van der Waals surface area (Å²) in [5.74, 6) is 1.29. The lowest BCUT2D eigenvalue weighted by atomic mass is 9.94. The fourth-order valence-electron chi connectivity index (χ4n) is 4.07. The van der Waals surface area contributed by atoms with Crippen LogP contribution in [-0.4, -0.2) is 77.3 Å². The number of aromatic nitrogens is 3. The minimum atomic E-state index is -0.00696. The van der Waals surface area contributed by atoms with Crippen molar-refractivity contribution >= 4 is 11.7 Å². The Bertz CT molecular complexity index is 801. The van der Waals surface area contributed by atoms with Crippen molar-refractivity contribution in [3.63, 3.8) is 0 Å². The molecule has 2 aliphatic rings. The number of amides is 1. The molecule has 0 aromatic carbocycles. The molecule has 4 heterocycles. The van der Waals surface area contributed by atoms with Crippen molar-refractivity contribution in [2.75, 3.05) is 51.8 Å². The van der Waals surface area contributed by atoms with Crippen molar-refractivity contribution in [1.29, 1.82) is 0 Å². The summed E-state index contributed by atoms with van der Waals surface area (Å²) in [5, 5.41) is 10.6. The summed E-state index contributed by atoms with van der Waals surface area (Å²) < 4.78 is 5.33. The summed E-state index contributed by atoms with van der Waals surface area (Å²) in [6.45, 7) is 5.36. The lowest BCUT2D eigenvalue weighted by Gasteiger charge is -2.32. The molecule has 8 heteroatoms. The minimum Gasteiger partial charge on any atom is -0.378 e. The van der Waals surface area contributed by atoms with Crippen molar-refractivity contribution in [2.24, 2.45) is 0 Å². The first kappa shape index (κ1) is 18.9. The Morgan fingerprint density at radius 1 is 1.36 bits per heavy atom. The lowest BCUT2D eigenvalue weighted by Crippen LogP contribution is -2.40. The molecule has 150 valence electrons. The van der Waals surface area contributed by atoms with E-state index in [4.69, 9.17) is 4.74 Å². The van der Waals surface area contributed by atoms with Gasteiger partial charge in [0.25, 0.3) is 5.91 Å². The predicted molar refractivity (Wildman–Crippen MR) is 106 cm³/mol. The average Bonchev–Trinajstić information content (AvgIpc) is 3.25. The number of morpholine rings is 1. The number of nitrogens with one attached hydrogen (secondary N) is 2. The van der Waals surface area contributed by atoms with Crippen molar-refractivity contribution in [3.05, 3.63) is 41.3 Å². The van der Waals surface area contributed by atoms with Gasteiger partial charge in [-0.15, -0.1) is 0 Å². The van der Waals surface area contributed by atoms with Crippen LogP contribution in [0.25, 0.3) is 0 Å². The van der Waals surface area contributed by atoms with Gasteiger partial charge in [-0.2, -0.15) is 5.10 Å². The fraction of sp³-hybridized carbons (Fsp3) is 0.550. The van der Waals surface area contributed by atoms with E-state index in [0.29, 0.717) is 37.9 Å². The molecule has 0 aliphatic carbocycles. The third kappa shape index (κ3) is 4.18. The van der Waals surface area contributed by atoms with Gasteiger partial charge < -0.3 is 15.0 Å². The van der Waals surface area contributed by atoms with Gasteiger partial charge in [0.05, 0.1) is 13.2 Å². The number of carbonyl (C=O) groups excluding carboxylic acids is 1. The maximum Gasteiger partial charge on any atom is 0.274 e. The Hall–Kier alpha value is -2.45. The van der Waals surface area contributed by atoms with Crippen LogP contribution in [0.15, 0.2) is 24.4 Å². The van der Waals surface area contributed by atoms with E-state index in [1.165, 1.54) is 5.56 Å². The van der Waals surface area contributed by atoms with Crippen LogP contribution < -0.4 is 5.32 Å². The van der Waals surface area contributed by atoms with Crippen molar-refractivity contribution in [1.82, 2.24) is 25.0 Å². The van der Waals surface area contributed by atoms with E-state index in [1.807, 2.05) is 30.3 Å². The number of anilines is 1. The summed E-state index contributed by atoms with van der Waals surface area (Å²) >= 11 is 0. The molecule has 1 amide bonds. The number of ether oxygens (including phenoxy) is 1. The first-order chi connectivity index (χ1) is 13.7. The smallest absolute Gasteiger partial charge is 0.274 e. The number of hydrogen-bond donors (Lipinski definition) is 2. The van der Waals surface area contributed by atoms with Crippen molar-refractivity contribution in [2.45, 2.75) is 25.3 Å². The molecule has 2 aromatic heterocycles. The van der Waals surface area contributed by atoms with Crippen LogP contribution in [0.1, 0.15) is 40.5 Å². The monoisotopic (exact) mass is 384 g/mol. The molecular weight excluding hydrogens is 356 g/mol. The molecule has 0 unspecified atom stereocenters. The molecule has 8 nitrogen and oxygen atoms in total. The van der Waals surface area contributed by atoms with Crippen molar-refractivity contribution in [3.8, 4) is 0 Å². The number of pyridine rings is 1. The molecular formula is C20H28N6O2. The number of carbonyl (C=O) groups is 1. The van der Waals surface area contributed by atoms with Crippen LogP contribution in [-0.2, 0) is 11.3 Å². The zero-order chi connectivity index (χ0) is 19.3. The first-order valence-electron chi connectivity index (χ1n) is 10.0. The van der Waals surface area contributed by atoms with E-state index in [1.54, 1.807) is 0 Å². The molecule has 0 radical (unpaired) electrons. The van der Waals surface area contributed by atoms with E-state index in [-0.39, 0.29) is 5.91 Å². The predicted octanol–water partition coefficient (Wildman–Crippen LogP) is 1.70. The molecule has 2 fully saturated rings. The summed E-state index contributed by atoms with van der Waals surface area (Å²) in [6.07, 6.45) is 4.05. The lowest BCUT2D eigenvalue weighted by molar-refractivity contribution is 0.0299. The average molecular weight is 384 g/mol. The highest BCUT2D eigenvalue weighted by atomic mass is 16.5. The second kappa shape index (κ2) is 8.70. The normalized spacial score (nSPS) is 20.9. The molecule has 0 saturated carbocycles. The summed E-state index contributed by atoms with van der Waals surface area (Å²) in [5.41, 5.74) is 2.78. The van der Waals surface area contributed by atoms with E-state index in [2.05, 4.69) is 31.5 Å². The number of aromatic amines is 1. The van der Waals surface area contributed by atoms with Crippen LogP contribution in [0.5, 0.6) is 0 Å². The highest BCUT2D eigenvalue weighted by molar-refractivity contribution is 5.92. The number of hydrogen-bond acceptors (Lipinski definition) is 6. The third-order valence-electron chi connectivity index (χ3n) is 5.58. The second-order valence-electron chi connectivity index (χ2n) is 7.45. The van der Waals surface area contributed by atoms with Gasteiger partial charge in [-0.1, -0.05) is 6.07 Å². The number of H-pyrrole nitrogens is 1. The number of nitrogens with zero attached hydrogens (tertiary/aromatic N) is 4. The van der Waals surface area contributed by atoms with Gasteiger partial charge in [-0.05, 0) is 31.5 Å². The summed E-state index contributed by atoms with van der Waals surface area (Å²) in [4.78, 5) is 21.3. The van der Waals surface area contributed by atoms with Gasteiger partial charge in [0, 0.05) is 56.6 Å². The highest BCUT2D eigenvalue weighted by Gasteiger charge is 2.26. The minimum absolute atomic E-state index is 0.00696. The Labute approximate surface area is 165 Å². The van der Waals surface area contributed by atoms with E-state index >= 15 is 0 Å². The Balaban J connectivity index is 1.41. The zero-order valence-corrected chi connectivity index (χ0v) is 16.4. The van der Waals surface area contributed by atoms with Gasteiger partial charge in [0.1, 0.15) is 11.5 Å². The Kier molecular flexibility index (Phi) is 5.87. The standard InChI is InChI=1S/C20H28N6O2/c1-21-19-16(4-2-6-22-19)14-25-7-3-5-15(13-25)17-12-18(24-23-17)20(27)26-8-10-28-11-9-26/h2,4,6,12,15H,3,5,7-11,13-14H2,1H3,(H,21,22)(H,23,24)/t15-/m1/s1. The SMILES string of the molecule is CNc1ncccc1CN1CCC[C@@H](c2cc(C(=O)N3CCOCC3)n[nH]2)C1. The van der Waals surface area contributed by atoms with E-state index in [0.717, 1.165) is 44.0 Å².